The fourth-order valence-electron chi connectivity index (χ4n) is 1.35. The van der Waals surface area contributed by atoms with Crippen LogP contribution in [0.2, 0.25) is 0 Å². The first-order valence-corrected chi connectivity index (χ1v) is 5.49. The molecule has 0 aliphatic heterocycles. The zero-order valence-corrected chi connectivity index (χ0v) is 9.38. The third-order valence-corrected chi connectivity index (χ3v) is 2.95. The maximum atomic E-state index is 4.35. The highest BCUT2D eigenvalue weighted by Crippen LogP contribution is 2.26. The Bertz CT molecular complexity index is 448. The van der Waals surface area contributed by atoms with Crippen LogP contribution >= 0.6 is 11.8 Å². The second kappa shape index (κ2) is 3.61. The molecule has 0 unspecified atom stereocenters. The molecule has 0 N–H and O–H groups in total. The lowest BCUT2D eigenvalue weighted by Gasteiger charge is -2.04. The largest absolute Gasteiger partial charge is 0.334 e. The van der Waals surface area contributed by atoms with Crippen molar-refractivity contribution in [1.82, 2.24) is 14.5 Å². The monoisotopic (exact) mass is 207 g/mol. The van der Waals surface area contributed by atoms with E-state index < -0.39 is 0 Å². The maximum absolute atomic E-state index is 4.35. The van der Waals surface area contributed by atoms with Gasteiger partial charge < -0.3 is 4.57 Å². The maximum Gasteiger partial charge on any atom is 0.124 e. The first-order valence-electron chi connectivity index (χ1n) is 4.61. The molecule has 0 saturated heterocycles. The van der Waals surface area contributed by atoms with Crippen LogP contribution in [-0.4, -0.2) is 19.8 Å². The first-order chi connectivity index (χ1) is 6.68. The van der Waals surface area contributed by atoms with E-state index in [1.54, 1.807) is 11.8 Å². The molecule has 0 amide bonds. The lowest BCUT2D eigenvalue weighted by molar-refractivity contribution is 0.947. The first kappa shape index (κ1) is 9.52. The molecule has 0 aromatic carbocycles. The van der Waals surface area contributed by atoms with E-state index in [2.05, 4.69) is 23.8 Å². The minimum atomic E-state index is 0.537. The van der Waals surface area contributed by atoms with Gasteiger partial charge in [-0.3, -0.25) is 0 Å². The number of aromatic nitrogens is 3. The van der Waals surface area contributed by atoms with Gasteiger partial charge in [-0.15, -0.1) is 11.8 Å². The topological polar surface area (TPSA) is 30.7 Å². The van der Waals surface area contributed by atoms with Crippen LogP contribution in [0.3, 0.4) is 0 Å². The van der Waals surface area contributed by atoms with Crippen molar-refractivity contribution in [2.75, 3.05) is 0 Å². The van der Waals surface area contributed by atoms with Crippen LogP contribution in [-0.2, 0) is 7.05 Å². The Labute approximate surface area is 87.6 Å². The lowest BCUT2D eigenvalue weighted by Crippen LogP contribution is -1.90. The highest BCUT2D eigenvalue weighted by Gasteiger charge is 2.08. The molecule has 0 bridgehead atoms. The van der Waals surface area contributed by atoms with Crippen molar-refractivity contribution in [3.05, 3.63) is 18.6 Å². The number of fused-ring (bicyclic) bond motifs is 1. The number of pyridine rings is 1. The van der Waals surface area contributed by atoms with Gasteiger partial charge in [0, 0.05) is 18.5 Å². The zero-order valence-electron chi connectivity index (χ0n) is 8.56. The average Bonchev–Trinajstić information content (AvgIpc) is 2.49. The van der Waals surface area contributed by atoms with Crippen LogP contribution in [0.15, 0.2) is 23.6 Å². The van der Waals surface area contributed by atoms with Gasteiger partial charge in [-0.05, 0) is 6.07 Å². The molecule has 4 heteroatoms. The highest BCUT2D eigenvalue weighted by molar-refractivity contribution is 8.00. The third kappa shape index (κ3) is 1.62. The van der Waals surface area contributed by atoms with Crippen LogP contribution in [0, 0.1) is 0 Å². The molecule has 2 rings (SSSR count). The van der Waals surface area contributed by atoms with Gasteiger partial charge in [0.25, 0.3) is 0 Å². The van der Waals surface area contributed by atoms with E-state index in [0.717, 1.165) is 16.1 Å². The van der Waals surface area contributed by atoms with Crippen molar-refractivity contribution in [1.29, 1.82) is 0 Å². The summed E-state index contributed by atoms with van der Waals surface area (Å²) >= 11 is 1.75. The summed E-state index contributed by atoms with van der Waals surface area (Å²) in [6.45, 7) is 4.32. The number of hydrogen-bond donors (Lipinski definition) is 0. The molecule has 14 heavy (non-hydrogen) atoms. The van der Waals surface area contributed by atoms with Gasteiger partial charge >= 0.3 is 0 Å². The van der Waals surface area contributed by atoms with Crippen LogP contribution in [0.1, 0.15) is 13.8 Å². The molecule has 0 saturated carbocycles. The van der Waals surface area contributed by atoms with Crippen LogP contribution < -0.4 is 0 Å². The fourth-order valence-corrected chi connectivity index (χ4v) is 2.18. The summed E-state index contributed by atoms with van der Waals surface area (Å²) in [6, 6.07) is 1.99. The molecule has 2 aromatic heterocycles. The van der Waals surface area contributed by atoms with Gasteiger partial charge in [-0.2, -0.15) is 0 Å². The second-order valence-electron chi connectivity index (χ2n) is 3.51. The summed E-state index contributed by atoms with van der Waals surface area (Å²) in [5.41, 5.74) is 2.15. The second-order valence-corrected chi connectivity index (χ2v) is 5.07. The highest BCUT2D eigenvalue weighted by atomic mass is 32.2. The zero-order chi connectivity index (χ0) is 10.1. The van der Waals surface area contributed by atoms with E-state index in [1.165, 1.54) is 0 Å². The Kier molecular flexibility index (Phi) is 2.46. The van der Waals surface area contributed by atoms with Gasteiger partial charge in [-0.1, -0.05) is 13.8 Å². The number of rotatable bonds is 2. The number of hydrogen-bond acceptors (Lipinski definition) is 3. The molecule has 0 atom stereocenters. The Hall–Kier alpha value is -1.03. The summed E-state index contributed by atoms with van der Waals surface area (Å²) in [7, 11) is 2.00. The lowest BCUT2D eigenvalue weighted by atomic mass is 10.4. The van der Waals surface area contributed by atoms with Gasteiger partial charge in [0.05, 0.1) is 11.8 Å². The molecule has 2 aromatic rings. The number of thioether (sulfide) groups is 1. The van der Waals surface area contributed by atoms with Crippen molar-refractivity contribution in [3.8, 4) is 0 Å². The van der Waals surface area contributed by atoms with Crippen LogP contribution in [0.25, 0.3) is 11.0 Å². The Morgan fingerprint density at radius 3 is 2.86 bits per heavy atom. The summed E-state index contributed by atoms with van der Waals surface area (Å²) in [6.07, 6.45) is 3.67. The molecule has 0 spiro atoms. The van der Waals surface area contributed by atoms with E-state index in [1.807, 2.05) is 30.2 Å². The standard InChI is InChI=1S/C10H13N3S/c1-7(2)14-10-9-8(4-5-11-10)13(3)6-12-9/h4-7H,1-3H3. The van der Waals surface area contributed by atoms with Crippen molar-refractivity contribution < 1.29 is 0 Å². The van der Waals surface area contributed by atoms with Gasteiger partial charge in [-0.25, -0.2) is 9.97 Å². The predicted octanol–water partition coefficient (Wildman–Crippen LogP) is 2.47. The summed E-state index contributed by atoms with van der Waals surface area (Å²) in [5, 5.41) is 1.56. The minimum absolute atomic E-state index is 0.537. The SMILES string of the molecule is CC(C)Sc1nccc2c1ncn2C. The molecule has 0 fully saturated rings. The number of imidazole rings is 1. The average molecular weight is 207 g/mol. The van der Waals surface area contributed by atoms with E-state index in [4.69, 9.17) is 0 Å². The fraction of sp³-hybridized carbons (Fsp3) is 0.400. The number of nitrogens with zero attached hydrogens (tertiary/aromatic N) is 3. The molecule has 0 radical (unpaired) electrons. The van der Waals surface area contributed by atoms with Crippen LogP contribution in [0.4, 0.5) is 0 Å². The molecule has 2 heterocycles. The third-order valence-electron chi connectivity index (χ3n) is 1.96. The Balaban J connectivity index is 2.54. The summed E-state index contributed by atoms with van der Waals surface area (Å²) < 4.78 is 2.02. The Morgan fingerprint density at radius 2 is 2.14 bits per heavy atom. The molecule has 74 valence electrons. The quantitative estimate of drug-likeness (QED) is 0.709. The summed E-state index contributed by atoms with van der Waals surface area (Å²) in [5.74, 6) is 0. The van der Waals surface area contributed by atoms with Gasteiger partial charge in [0.2, 0.25) is 0 Å². The van der Waals surface area contributed by atoms with Crippen molar-refractivity contribution in [3.63, 3.8) is 0 Å². The van der Waals surface area contributed by atoms with Gasteiger partial charge in [0.15, 0.2) is 0 Å². The Morgan fingerprint density at radius 1 is 1.36 bits per heavy atom. The smallest absolute Gasteiger partial charge is 0.124 e. The van der Waals surface area contributed by atoms with E-state index in [0.29, 0.717) is 5.25 Å². The van der Waals surface area contributed by atoms with E-state index >= 15 is 0 Å². The van der Waals surface area contributed by atoms with Crippen molar-refractivity contribution >= 4 is 22.8 Å². The van der Waals surface area contributed by atoms with Gasteiger partial charge in [0.1, 0.15) is 10.5 Å². The van der Waals surface area contributed by atoms with Crippen LogP contribution in [0.5, 0.6) is 0 Å². The molecule has 0 aliphatic rings. The number of aryl methyl sites for hydroxylation is 1. The molecular weight excluding hydrogens is 194 g/mol. The molecule has 3 nitrogen and oxygen atoms in total. The van der Waals surface area contributed by atoms with Crippen molar-refractivity contribution in [2.45, 2.75) is 24.1 Å². The molecule has 0 aliphatic carbocycles. The molecular formula is C10H13N3S. The minimum Gasteiger partial charge on any atom is -0.334 e. The normalized spacial score (nSPS) is 11.4. The van der Waals surface area contributed by atoms with E-state index in [-0.39, 0.29) is 0 Å². The van der Waals surface area contributed by atoms with Crippen molar-refractivity contribution in [2.24, 2.45) is 7.05 Å². The summed E-state index contributed by atoms with van der Waals surface area (Å²) in [4.78, 5) is 8.70. The predicted molar refractivity (Wildman–Crippen MR) is 59.5 cm³/mol. The van der Waals surface area contributed by atoms with E-state index in [9.17, 15) is 0 Å².